The van der Waals surface area contributed by atoms with E-state index in [9.17, 15) is 0 Å². The van der Waals surface area contributed by atoms with Crippen molar-refractivity contribution in [1.29, 1.82) is 0 Å². The number of nitrogens with zero attached hydrogens (tertiary/aromatic N) is 2. The molecule has 3 unspecified atom stereocenters. The van der Waals surface area contributed by atoms with Crippen LogP contribution in [0.1, 0.15) is 35.1 Å². The SMILES string of the molecule is c1ccc(-c2ccc(-c3cc4ccccc4cc3N(c3ccccc3)c3cccc4c3C35c6c(cccc6N(c6ccccc6)c6ccc7c(c6)oc6ccccc67)CC3CCC5C4)cc2)cc1. The smallest absolute Gasteiger partial charge is 0.137 e. The molecule has 11 aromatic rings. The topological polar surface area (TPSA) is 19.6 Å². The van der Waals surface area contributed by atoms with Gasteiger partial charge in [0.2, 0.25) is 0 Å². The van der Waals surface area contributed by atoms with Gasteiger partial charge in [0.05, 0.1) is 17.1 Å². The molecule has 0 amide bonds. The number of fused-ring (bicyclic) bond motifs is 6. The van der Waals surface area contributed by atoms with Gasteiger partial charge in [-0.15, -0.1) is 0 Å². The Labute approximate surface area is 397 Å². The normalized spacial score (nSPS) is 17.8. The quantitative estimate of drug-likeness (QED) is 0.152. The van der Waals surface area contributed by atoms with Crippen molar-refractivity contribution in [3.8, 4) is 22.3 Å². The summed E-state index contributed by atoms with van der Waals surface area (Å²) in [6.07, 6.45) is 4.56. The molecule has 1 spiro atoms. The minimum Gasteiger partial charge on any atom is -0.456 e. The molecular formula is C65H48N2O. The van der Waals surface area contributed by atoms with Gasteiger partial charge >= 0.3 is 0 Å². The maximum atomic E-state index is 6.58. The van der Waals surface area contributed by atoms with E-state index >= 15 is 0 Å². The highest BCUT2D eigenvalue weighted by Gasteiger charge is 2.62. The summed E-state index contributed by atoms with van der Waals surface area (Å²) in [7, 11) is 0. The van der Waals surface area contributed by atoms with Crippen molar-refractivity contribution in [1.82, 2.24) is 0 Å². The van der Waals surface area contributed by atoms with Crippen molar-refractivity contribution in [3.63, 3.8) is 0 Å². The van der Waals surface area contributed by atoms with Crippen LogP contribution in [0.5, 0.6) is 0 Å². The maximum Gasteiger partial charge on any atom is 0.137 e. The molecule has 0 bridgehead atoms. The molecular weight excluding hydrogens is 825 g/mol. The predicted molar refractivity (Wildman–Crippen MR) is 282 cm³/mol. The molecule has 0 N–H and O–H groups in total. The molecule has 1 fully saturated rings. The van der Waals surface area contributed by atoms with Gasteiger partial charge in [0.1, 0.15) is 11.2 Å². The van der Waals surface area contributed by atoms with Crippen molar-refractivity contribution in [3.05, 3.63) is 253 Å². The molecule has 3 aliphatic carbocycles. The highest BCUT2D eigenvalue weighted by Crippen LogP contribution is 2.69. The summed E-state index contributed by atoms with van der Waals surface area (Å²) >= 11 is 0. The Morgan fingerprint density at radius 2 is 0.897 bits per heavy atom. The first-order valence-electron chi connectivity index (χ1n) is 24.3. The van der Waals surface area contributed by atoms with Crippen molar-refractivity contribution in [2.75, 3.05) is 9.80 Å². The Hall–Kier alpha value is -8.14. The molecule has 0 radical (unpaired) electrons. The van der Waals surface area contributed by atoms with Crippen LogP contribution in [0.2, 0.25) is 0 Å². The third-order valence-corrected chi connectivity index (χ3v) is 15.7. The third-order valence-electron chi connectivity index (χ3n) is 15.7. The van der Waals surface area contributed by atoms with Gasteiger partial charge in [-0.1, -0.05) is 158 Å². The summed E-state index contributed by atoms with van der Waals surface area (Å²) in [5.74, 6) is 0.946. The Morgan fingerprint density at radius 3 is 1.57 bits per heavy atom. The molecule has 3 atom stereocenters. The first-order chi connectivity index (χ1) is 33.7. The van der Waals surface area contributed by atoms with Crippen molar-refractivity contribution in [2.24, 2.45) is 11.8 Å². The van der Waals surface area contributed by atoms with Gasteiger partial charge < -0.3 is 14.2 Å². The summed E-state index contributed by atoms with van der Waals surface area (Å²) < 4.78 is 6.58. The van der Waals surface area contributed by atoms with Gasteiger partial charge in [0.25, 0.3) is 0 Å². The first-order valence-corrected chi connectivity index (χ1v) is 24.3. The van der Waals surface area contributed by atoms with E-state index in [4.69, 9.17) is 4.42 Å². The van der Waals surface area contributed by atoms with Crippen LogP contribution in [0.15, 0.2) is 235 Å². The standard InChI is InChI=1S/C65H48N2O/c1-4-16-43(17-5-1)44-30-32-45(33-31-44)57-40-46-18-10-11-19-47(46)41-60(57)67(53-24-8-3-9-25-53)59-28-15-21-49-39-51-35-34-50-38-48-20-14-27-58(63(48)65(50,51)64(49)59)66(52-22-6-2-7-23-52)54-36-37-56-55-26-12-13-29-61(55)68-62(56)42-54/h1-33,36-37,40-42,50-51H,34-35,38-39H2. The average Bonchev–Trinajstić information content (AvgIpc) is 4.14. The number of para-hydroxylation sites is 3. The summed E-state index contributed by atoms with van der Waals surface area (Å²) in [4.78, 5) is 5.14. The fraction of sp³-hybridized carbons (Fsp3) is 0.108. The number of anilines is 6. The fourth-order valence-corrected chi connectivity index (χ4v) is 13.0. The van der Waals surface area contributed by atoms with Crippen LogP contribution >= 0.6 is 0 Å². The van der Waals surface area contributed by atoms with E-state index in [1.807, 2.05) is 0 Å². The number of benzene rings is 10. The highest BCUT2D eigenvalue weighted by atomic mass is 16.3. The molecule has 324 valence electrons. The lowest BCUT2D eigenvalue weighted by atomic mass is 9.68. The van der Waals surface area contributed by atoms with Gasteiger partial charge in [-0.05, 0) is 154 Å². The minimum absolute atomic E-state index is 0.199. The molecule has 0 aliphatic heterocycles. The van der Waals surface area contributed by atoms with Crippen LogP contribution in [0.3, 0.4) is 0 Å². The Kier molecular flexibility index (Phi) is 8.89. The van der Waals surface area contributed by atoms with Gasteiger partial charge in [0, 0.05) is 44.9 Å². The van der Waals surface area contributed by atoms with Gasteiger partial charge in [0.15, 0.2) is 0 Å². The van der Waals surface area contributed by atoms with E-state index < -0.39 is 0 Å². The largest absolute Gasteiger partial charge is 0.456 e. The van der Waals surface area contributed by atoms with E-state index in [1.54, 1.807) is 0 Å². The molecule has 1 aromatic heterocycles. The Morgan fingerprint density at radius 1 is 0.368 bits per heavy atom. The second-order valence-electron chi connectivity index (χ2n) is 19.2. The lowest BCUT2D eigenvalue weighted by Crippen LogP contribution is -2.34. The molecule has 3 aliphatic rings. The van der Waals surface area contributed by atoms with E-state index in [2.05, 4.69) is 240 Å². The Balaban J connectivity index is 1.00. The monoisotopic (exact) mass is 872 g/mol. The van der Waals surface area contributed by atoms with Crippen LogP contribution in [-0.2, 0) is 18.3 Å². The molecule has 3 heteroatoms. The molecule has 0 saturated heterocycles. The fourth-order valence-electron chi connectivity index (χ4n) is 13.0. The zero-order valence-electron chi connectivity index (χ0n) is 37.7. The molecule has 10 aromatic carbocycles. The molecule has 3 nitrogen and oxygen atoms in total. The van der Waals surface area contributed by atoms with E-state index in [-0.39, 0.29) is 5.41 Å². The number of hydrogen-bond acceptors (Lipinski definition) is 3. The molecule has 68 heavy (non-hydrogen) atoms. The van der Waals surface area contributed by atoms with Crippen LogP contribution in [0, 0.1) is 11.8 Å². The second kappa shape index (κ2) is 15.5. The first kappa shape index (κ1) is 39.1. The number of rotatable bonds is 8. The van der Waals surface area contributed by atoms with E-state index in [0.717, 1.165) is 51.8 Å². The summed E-state index contributed by atoms with van der Waals surface area (Å²) in [6.45, 7) is 0. The van der Waals surface area contributed by atoms with Crippen LogP contribution in [0.4, 0.5) is 34.1 Å². The van der Waals surface area contributed by atoms with Crippen LogP contribution in [0.25, 0.3) is 55.0 Å². The number of furan rings is 1. The van der Waals surface area contributed by atoms with Crippen molar-refractivity contribution >= 4 is 66.8 Å². The van der Waals surface area contributed by atoms with Gasteiger partial charge in [-0.3, -0.25) is 0 Å². The van der Waals surface area contributed by atoms with Crippen molar-refractivity contribution in [2.45, 2.75) is 31.1 Å². The van der Waals surface area contributed by atoms with Crippen LogP contribution < -0.4 is 9.80 Å². The second-order valence-corrected chi connectivity index (χ2v) is 19.2. The lowest BCUT2D eigenvalue weighted by molar-refractivity contribution is 0.350. The highest BCUT2D eigenvalue weighted by molar-refractivity contribution is 6.06. The van der Waals surface area contributed by atoms with Gasteiger partial charge in [-0.2, -0.15) is 0 Å². The summed E-state index contributed by atoms with van der Waals surface area (Å²) in [5.41, 5.74) is 19.5. The number of hydrogen-bond donors (Lipinski definition) is 0. The predicted octanol–water partition coefficient (Wildman–Crippen LogP) is 17.4. The minimum atomic E-state index is -0.199. The summed E-state index contributed by atoms with van der Waals surface area (Å²) in [6, 6.07) is 85.3. The zero-order chi connectivity index (χ0) is 44.8. The van der Waals surface area contributed by atoms with Gasteiger partial charge in [-0.25, -0.2) is 0 Å². The molecule has 1 saturated carbocycles. The molecule has 1 heterocycles. The lowest BCUT2D eigenvalue weighted by Gasteiger charge is -2.40. The van der Waals surface area contributed by atoms with E-state index in [1.165, 1.54) is 85.2 Å². The summed E-state index contributed by atoms with van der Waals surface area (Å²) in [5, 5.41) is 4.74. The maximum absolute atomic E-state index is 6.58. The van der Waals surface area contributed by atoms with Crippen molar-refractivity contribution < 1.29 is 4.42 Å². The average molecular weight is 873 g/mol. The van der Waals surface area contributed by atoms with Crippen LogP contribution in [-0.4, -0.2) is 0 Å². The Bertz CT molecular complexity index is 3700. The molecule has 14 rings (SSSR count). The zero-order valence-corrected chi connectivity index (χ0v) is 37.7. The van der Waals surface area contributed by atoms with E-state index in [0.29, 0.717) is 11.8 Å². The third kappa shape index (κ3) is 5.91.